The van der Waals surface area contributed by atoms with E-state index in [0.29, 0.717) is 24.0 Å². The Morgan fingerprint density at radius 2 is 2.12 bits per heavy atom. The smallest absolute Gasteiger partial charge is 0.337 e. The number of allylic oxidation sites excluding steroid dienone is 1. The van der Waals surface area contributed by atoms with E-state index in [9.17, 15) is 9.59 Å². The van der Waals surface area contributed by atoms with Crippen molar-refractivity contribution in [2.45, 2.75) is 19.8 Å². The van der Waals surface area contributed by atoms with E-state index in [0.717, 1.165) is 5.56 Å². The molecule has 3 nitrogen and oxygen atoms in total. The molecule has 0 radical (unpaired) electrons. The van der Waals surface area contributed by atoms with Crippen LogP contribution in [0.4, 0.5) is 0 Å². The van der Waals surface area contributed by atoms with Gasteiger partial charge in [0.1, 0.15) is 0 Å². The number of methoxy groups -OCH3 is 1. The number of aryl methyl sites for hydroxylation is 1. The van der Waals surface area contributed by atoms with Gasteiger partial charge in [0.15, 0.2) is 5.78 Å². The average molecular weight is 232 g/mol. The minimum Gasteiger partial charge on any atom is -0.465 e. The zero-order valence-corrected chi connectivity index (χ0v) is 10.2. The summed E-state index contributed by atoms with van der Waals surface area (Å²) in [4.78, 5) is 23.1. The van der Waals surface area contributed by atoms with E-state index in [4.69, 9.17) is 0 Å². The molecule has 0 atom stereocenters. The summed E-state index contributed by atoms with van der Waals surface area (Å²) < 4.78 is 4.62. The van der Waals surface area contributed by atoms with E-state index in [1.54, 1.807) is 24.3 Å². The van der Waals surface area contributed by atoms with Crippen molar-refractivity contribution in [1.82, 2.24) is 0 Å². The van der Waals surface area contributed by atoms with Crippen LogP contribution in [-0.2, 0) is 4.74 Å². The van der Waals surface area contributed by atoms with E-state index in [2.05, 4.69) is 11.3 Å². The molecule has 0 aliphatic rings. The van der Waals surface area contributed by atoms with E-state index >= 15 is 0 Å². The lowest BCUT2D eigenvalue weighted by molar-refractivity contribution is 0.0600. The highest BCUT2D eigenvalue weighted by Crippen LogP contribution is 2.14. The molecular formula is C14H16O3. The van der Waals surface area contributed by atoms with Gasteiger partial charge in [0.2, 0.25) is 0 Å². The van der Waals surface area contributed by atoms with Gasteiger partial charge >= 0.3 is 5.97 Å². The Hall–Kier alpha value is -1.90. The van der Waals surface area contributed by atoms with E-state index in [1.807, 2.05) is 6.92 Å². The average Bonchev–Trinajstić information content (AvgIpc) is 2.34. The third-order valence-electron chi connectivity index (χ3n) is 2.52. The molecule has 90 valence electrons. The van der Waals surface area contributed by atoms with Crippen LogP contribution in [-0.4, -0.2) is 18.9 Å². The molecule has 0 aromatic heterocycles. The van der Waals surface area contributed by atoms with Gasteiger partial charge in [0.25, 0.3) is 0 Å². The number of benzene rings is 1. The molecule has 0 aliphatic carbocycles. The van der Waals surface area contributed by atoms with Crippen LogP contribution in [0.25, 0.3) is 0 Å². The number of Topliss-reactive ketones (excluding diaryl/α,β-unsaturated/α-hetero) is 1. The van der Waals surface area contributed by atoms with Crippen LogP contribution in [0, 0.1) is 6.92 Å². The molecule has 0 N–H and O–H groups in total. The van der Waals surface area contributed by atoms with Crippen molar-refractivity contribution >= 4 is 11.8 Å². The Labute approximate surface area is 101 Å². The highest BCUT2D eigenvalue weighted by Gasteiger charge is 2.11. The van der Waals surface area contributed by atoms with Crippen LogP contribution in [0.1, 0.15) is 39.1 Å². The van der Waals surface area contributed by atoms with Gasteiger partial charge in [-0.15, -0.1) is 6.58 Å². The summed E-state index contributed by atoms with van der Waals surface area (Å²) >= 11 is 0. The second kappa shape index (κ2) is 5.99. The molecule has 3 heteroatoms. The molecule has 0 amide bonds. The lowest BCUT2D eigenvalue weighted by Gasteiger charge is -2.06. The van der Waals surface area contributed by atoms with Gasteiger partial charge < -0.3 is 4.74 Å². The maximum atomic E-state index is 11.8. The first-order valence-electron chi connectivity index (χ1n) is 5.43. The summed E-state index contributed by atoms with van der Waals surface area (Å²) in [6.07, 6.45) is 2.83. The molecule has 0 heterocycles. The fourth-order valence-corrected chi connectivity index (χ4v) is 1.59. The normalized spacial score (nSPS) is 9.76. The van der Waals surface area contributed by atoms with Crippen molar-refractivity contribution in [2.24, 2.45) is 0 Å². The van der Waals surface area contributed by atoms with Crippen LogP contribution in [0.2, 0.25) is 0 Å². The zero-order chi connectivity index (χ0) is 12.8. The third-order valence-corrected chi connectivity index (χ3v) is 2.52. The fourth-order valence-electron chi connectivity index (χ4n) is 1.59. The van der Waals surface area contributed by atoms with E-state index in [1.165, 1.54) is 7.11 Å². The molecule has 0 bridgehead atoms. The first kappa shape index (κ1) is 13.2. The quantitative estimate of drug-likeness (QED) is 0.445. The number of ether oxygens (including phenoxy) is 1. The summed E-state index contributed by atoms with van der Waals surface area (Å²) in [6, 6.07) is 4.96. The minimum absolute atomic E-state index is 0.0683. The number of hydrogen-bond donors (Lipinski definition) is 0. The third kappa shape index (κ3) is 3.28. The minimum atomic E-state index is -0.391. The van der Waals surface area contributed by atoms with Crippen molar-refractivity contribution in [3.63, 3.8) is 0 Å². The summed E-state index contributed by atoms with van der Waals surface area (Å²) in [5.74, 6) is -0.322. The number of rotatable bonds is 5. The molecule has 0 aliphatic heterocycles. The predicted molar refractivity (Wildman–Crippen MR) is 66.3 cm³/mol. The Bertz CT molecular complexity index is 447. The molecule has 1 aromatic carbocycles. The van der Waals surface area contributed by atoms with Gasteiger partial charge in [-0.05, 0) is 31.0 Å². The highest BCUT2D eigenvalue weighted by molar-refractivity contribution is 5.99. The Balaban J connectivity index is 2.93. The first-order chi connectivity index (χ1) is 8.10. The van der Waals surface area contributed by atoms with Gasteiger partial charge in [-0.25, -0.2) is 4.79 Å². The first-order valence-corrected chi connectivity index (χ1v) is 5.43. The number of carbonyl (C=O) groups excluding carboxylic acids is 2. The van der Waals surface area contributed by atoms with E-state index < -0.39 is 5.97 Å². The van der Waals surface area contributed by atoms with Crippen molar-refractivity contribution < 1.29 is 14.3 Å². The Morgan fingerprint density at radius 3 is 2.65 bits per heavy atom. The van der Waals surface area contributed by atoms with Gasteiger partial charge in [0, 0.05) is 12.0 Å². The molecule has 0 saturated heterocycles. The Morgan fingerprint density at radius 1 is 1.41 bits per heavy atom. The number of esters is 1. The van der Waals surface area contributed by atoms with Gasteiger partial charge in [0.05, 0.1) is 12.7 Å². The predicted octanol–water partition coefficient (Wildman–Crippen LogP) is 2.93. The Kier molecular flexibility index (Phi) is 4.64. The molecule has 17 heavy (non-hydrogen) atoms. The van der Waals surface area contributed by atoms with Crippen LogP contribution in [0.3, 0.4) is 0 Å². The highest BCUT2D eigenvalue weighted by atomic mass is 16.5. The van der Waals surface area contributed by atoms with Crippen LogP contribution in [0.15, 0.2) is 30.9 Å². The summed E-state index contributed by atoms with van der Waals surface area (Å²) in [5.41, 5.74) is 1.91. The second-order valence-electron chi connectivity index (χ2n) is 3.77. The standard InChI is InChI=1S/C14H16O3/c1-4-5-6-13(15)12-8-7-11(9-10(12)2)14(16)17-3/h4,7-9H,1,5-6H2,2-3H3. The van der Waals surface area contributed by atoms with Crippen LogP contribution < -0.4 is 0 Å². The van der Waals surface area contributed by atoms with Crippen molar-refractivity contribution in [1.29, 1.82) is 0 Å². The summed E-state index contributed by atoms with van der Waals surface area (Å²) in [5, 5.41) is 0. The molecule has 0 fully saturated rings. The number of carbonyl (C=O) groups is 2. The molecule has 1 rings (SSSR count). The lowest BCUT2D eigenvalue weighted by Crippen LogP contribution is -2.05. The molecule has 0 saturated carbocycles. The van der Waals surface area contributed by atoms with Crippen molar-refractivity contribution in [3.05, 3.63) is 47.5 Å². The topological polar surface area (TPSA) is 43.4 Å². The SMILES string of the molecule is C=CCCC(=O)c1ccc(C(=O)OC)cc1C. The fraction of sp³-hybridized carbons (Fsp3) is 0.286. The zero-order valence-electron chi connectivity index (χ0n) is 10.2. The van der Waals surface area contributed by atoms with E-state index in [-0.39, 0.29) is 5.78 Å². The largest absolute Gasteiger partial charge is 0.465 e. The lowest BCUT2D eigenvalue weighted by atomic mass is 9.99. The van der Waals surface area contributed by atoms with Crippen molar-refractivity contribution in [2.75, 3.05) is 7.11 Å². The van der Waals surface area contributed by atoms with Crippen LogP contribution in [0.5, 0.6) is 0 Å². The van der Waals surface area contributed by atoms with Gasteiger partial charge in [-0.1, -0.05) is 12.1 Å². The summed E-state index contributed by atoms with van der Waals surface area (Å²) in [6.45, 7) is 5.40. The summed E-state index contributed by atoms with van der Waals surface area (Å²) in [7, 11) is 1.33. The van der Waals surface area contributed by atoms with Gasteiger partial charge in [-0.3, -0.25) is 4.79 Å². The molecule has 0 spiro atoms. The second-order valence-corrected chi connectivity index (χ2v) is 3.77. The molecule has 1 aromatic rings. The number of ketones is 1. The van der Waals surface area contributed by atoms with Crippen molar-refractivity contribution in [3.8, 4) is 0 Å². The molecule has 0 unspecified atom stereocenters. The maximum Gasteiger partial charge on any atom is 0.337 e. The molecular weight excluding hydrogens is 216 g/mol. The monoisotopic (exact) mass is 232 g/mol. The maximum absolute atomic E-state index is 11.8. The van der Waals surface area contributed by atoms with Crippen LogP contribution >= 0.6 is 0 Å². The number of hydrogen-bond acceptors (Lipinski definition) is 3. The van der Waals surface area contributed by atoms with Gasteiger partial charge in [-0.2, -0.15) is 0 Å².